The van der Waals surface area contributed by atoms with E-state index >= 15 is 0 Å². The Kier molecular flexibility index (Phi) is 5.84. The molecular weight excluding hydrogens is 386 g/mol. The van der Waals surface area contributed by atoms with Gasteiger partial charge in [0.1, 0.15) is 11.5 Å². The fourth-order valence-corrected chi connectivity index (χ4v) is 3.12. The van der Waals surface area contributed by atoms with Crippen LogP contribution in [0, 0.1) is 5.92 Å². The van der Waals surface area contributed by atoms with Crippen LogP contribution in [0.3, 0.4) is 0 Å². The standard InChI is InChI=1S/C20H18ClNO6/c1-26-17-8-5-14(21)10-16(17)22-11-13(9-18(22)23)20(25)28-15-6-3-12(4-7-15)19(24)27-2/h3-8,10,13H,9,11H2,1-2H3/t13-/m1/s1. The number of amides is 1. The van der Waals surface area contributed by atoms with Crippen molar-refractivity contribution in [3.05, 3.63) is 53.1 Å². The van der Waals surface area contributed by atoms with Crippen LogP contribution in [0.15, 0.2) is 42.5 Å². The highest BCUT2D eigenvalue weighted by Gasteiger charge is 2.37. The monoisotopic (exact) mass is 403 g/mol. The first kappa shape index (κ1) is 19.7. The van der Waals surface area contributed by atoms with Crippen molar-refractivity contribution in [3.8, 4) is 11.5 Å². The number of ether oxygens (including phenoxy) is 3. The van der Waals surface area contributed by atoms with Crippen LogP contribution >= 0.6 is 11.6 Å². The number of hydrogen-bond donors (Lipinski definition) is 0. The number of esters is 2. The van der Waals surface area contributed by atoms with E-state index in [0.29, 0.717) is 22.0 Å². The number of carbonyl (C=O) groups excluding carboxylic acids is 3. The van der Waals surface area contributed by atoms with Gasteiger partial charge in [-0.3, -0.25) is 9.59 Å². The summed E-state index contributed by atoms with van der Waals surface area (Å²) in [5, 5.41) is 0.459. The molecule has 0 bridgehead atoms. The third-order valence-corrected chi connectivity index (χ3v) is 4.62. The van der Waals surface area contributed by atoms with Crippen LogP contribution in [-0.2, 0) is 14.3 Å². The van der Waals surface area contributed by atoms with Crippen molar-refractivity contribution < 1.29 is 28.6 Å². The summed E-state index contributed by atoms with van der Waals surface area (Å²) < 4.78 is 15.3. The van der Waals surface area contributed by atoms with E-state index in [2.05, 4.69) is 4.74 Å². The van der Waals surface area contributed by atoms with Gasteiger partial charge in [0, 0.05) is 18.0 Å². The molecule has 1 aliphatic heterocycles. The van der Waals surface area contributed by atoms with E-state index in [-0.39, 0.29) is 24.6 Å². The summed E-state index contributed by atoms with van der Waals surface area (Å²) in [4.78, 5) is 37.8. The molecule has 7 nitrogen and oxygen atoms in total. The summed E-state index contributed by atoms with van der Waals surface area (Å²) >= 11 is 6.03. The third-order valence-electron chi connectivity index (χ3n) is 4.38. The Morgan fingerprint density at radius 3 is 2.46 bits per heavy atom. The Bertz CT molecular complexity index is 911. The normalized spacial score (nSPS) is 16.0. The Hall–Kier alpha value is -3.06. The number of methoxy groups -OCH3 is 2. The maximum absolute atomic E-state index is 12.5. The summed E-state index contributed by atoms with van der Waals surface area (Å²) in [6.07, 6.45) is 0.0226. The molecule has 0 radical (unpaired) electrons. The lowest BCUT2D eigenvalue weighted by Crippen LogP contribution is -2.27. The van der Waals surface area contributed by atoms with Crippen LogP contribution in [-0.4, -0.2) is 38.6 Å². The highest BCUT2D eigenvalue weighted by Crippen LogP contribution is 2.35. The average molecular weight is 404 g/mol. The number of rotatable bonds is 5. The molecule has 0 aromatic heterocycles. The Morgan fingerprint density at radius 2 is 1.82 bits per heavy atom. The lowest BCUT2D eigenvalue weighted by molar-refractivity contribution is -0.139. The van der Waals surface area contributed by atoms with Gasteiger partial charge in [-0.1, -0.05) is 11.6 Å². The van der Waals surface area contributed by atoms with Crippen LogP contribution < -0.4 is 14.4 Å². The van der Waals surface area contributed by atoms with E-state index in [9.17, 15) is 14.4 Å². The van der Waals surface area contributed by atoms with E-state index in [0.717, 1.165) is 0 Å². The fraction of sp³-hybridized carbons (Fsp3) is 0.250. The van der Waals surface area contributed by atoms with Crippen molar-refractivity contribution in [1.29, 1.82) is 0 Å². The van der Waals surface area contributed by atoms with Gasteiger partial charge >= 0.3 is 11.9 Å². The SMILES string of the molecule is COC(=O)c1ccc(OC(=O)[C@@H]2CC(=O)N(c3cc(Cl)ccc3OC)C2)cc1. The van der Waals surface area contributed by atoms with E-state index in [1.165, 1.54) is 43.4 Å². The van der Waals surface area contributed by atoms with Crippen molar-refractivity contribution in [1.82, 2.24) is 0 Å². The van der Waals surface area contributed by atoms with Gasteiger partial charge in [-0.05, 0) is 42.5 Å². The molecule has 28 heavy (non-hydrogen) atoms. The first-order valence-corrected chi connectivity index (χ1v) is 8.84. The number of carbonyl (C=O) groups is 3. The van der Waals surface area contributed by atoms with Gasteiger partial charge in [0.25, 0.3) is 0 Å². The minimum Gasteiger partial charge on any atom is -0.495 e. The minimum absolute atomic E-state index is 0.0226. The van der Waals surface area contributed by atoms with E-state index in [4.69, 9.17) is 21.1 Å². The molecule has 3 rings (SSSR count). The van der Waals surface area contributed by atoms with E-state index in [1.807, 2.05) is 0 Å². The second-order valence-electron chi connectivity index (χ2n) is 6.16. The summed E-state index contributed by atoms with van der Waals surface area (Å²) in [6.45, 7) is 0.161. The van der Waals surface area contributed by atoms with Gasteiger partial charge < -0.3 is 19.1 Å². The quantitative estimate of drug-likeness (QED) is 0.563. The molecule has 1 atom stereocenters. The van der Waals surface area contributed by atoms with Crippen LogP contribution in [0.4, 0.5) is 5.69 Å². The number of benzene rings is 2. The predicted octanol–water partition coefficient (Wildman–Crippen LogP) is 3.09. The van der Waals surface area contributed by atoms with Gasteiger partial charge in [0.15, 0.2) is 0 Å². The third kappa shape index (κ3) is 4.09. The zero-order valence-electron chi connectivity index (χ0n) is 15.3. The molecule has 8 heteroatoms. The molecular formula is C20H18ClNO6. The minimum atomic E-state index is -0.628. The Labute approximate surface area is 166 Å². The molecule has 0 N–H and O–H groups in total. The number of anilines is 1. The maximum atomic E-state index is 12.5. The zero-order chi connectivity index (χ0) is 20.3. The van der Waals surface area contributed by atoms with Crippen LogP contribution in [0.25, 0.3) is 0 Å². The Morgan fingerprint density at radius 1 is 1.11 bits per heavy atom. The highest BCUT2D eigenvalue weighted by atomic mass is 35.5. The van der Waals surface area contributed by atoms with Gasteiger partial charge in [-0.15, -0.1) is 0 Å². The van der Waals surface area contributed by atoms with E-state index in [1.54, 1.807) is 18.2 Å². The van der Waals surface area contributed by atoms with E-state index < -0.39 is 17.9 Å². The molecule has 146 valence electrons. The smallest absolute Gasteiger partial charge is 0.337 e. The average Bonchev–Trinajstić information content (AvgIpc) is 3.09. The predicted molar refractivity (Wildman–Crippen MR) is 102 cm³/mol. The van der Waals surface area contributed by atoms with Gasteiger partial charge in [-0.2, -0.15) is 0 Å². The summed E-state index contributed by atoms with van der Waals surface area (Å²) in [7, 11) is 2.78. The van der Waals surface area contributed by atoms with Crippen molar-refractivity contribution in [2.24, 2.45) is 5.92 Å². The lowest BCUT2D eigenvalue weighted by Gasteiger charge is -2.19. The van der Waals surface area contributed by atoms with Gasteiger partial charge in [-0.25, -0.2) is 4.79 Å². The van der Waals surface area contributed by atoms with Crippen LogP contribution in [0.5, 0.6) is 11.5 Å². The summed E-state index contributed by atoms with van der Waals surface area (Å²) in [6, 6.07) is 10.9. The maximum Gasteiger partial charge on any atom is 0.337 e. The van der Waals surface area contributed by atoms with Crippen molar-refractivity contribution in [2.75, 3.05) is 25.7 Å². The molecule has 0 spiro atoms. The second-order valence-corrected chi connectivity index (χ2v) is 6.60. The van der Waals surface area contributed by atoms with Crippen LogP contribution in [0.1, 0.15) is 16.8 Å². The van der Waals surface area contributed by atoms with Crippen molar-refractivity contribution in [3.63, 3.8) is 0 Å². The lowest BCUT2D eigenvalue weighted by atomic mass is 10.1. The molecule has 2 aromatic rings. The molecule has 1 heterocycles. The van der Waals surface area contributed by atoms with Crippen molar-refractivity contribution >= 4 is 35.1 Å². The molecule has 2 aromatic carbocycles. The number of halogens is 1. The first-order chi connectivity index (χ1) is 13.4. The molecule has 1 saturated heterocycles. The second kappa shape index (κ2) is 8.31. The van der Waals surface area contributed by atoms with Gasteiger partial charge in [0.2, 0.25) is 5.91 Å². The number of hydrogen-bond acceptors (Lipinski definition) is 6. The Balaban J connectivity index is 1.70. The number of nitrogens with zero attached hydrogens (tertiary/aromatic N) is 1. The fourth-order valence-electron chi connectivity index (χ4n) is 2.95. The summed E-state index contributed by atoms with van der Waals surface area (Å²) in [5.41, 5.74) is 0.857. The molecule has 1 amide bonds. The molecule has 0 saturated carbocycles. The van der Waals surface area contributed by atoms with Crippen LogP contribution in [0.2, 0.25) is 5.02 Å². The molecule has 0 unspecified atom stereocenters. The molecule has 1 fully saturated rings. The topological polar surface area (TPSA) is 82.1 Å². The molecule has 0 aliphatic carbocycles. The largest absolute Gasteiger partial charge is 0.495 e. The first-order valence-electron chi connectivity index (χ1n) is 8.47. The van der Waals surface area contributed by atoms with Gasteiger partial charge in [0.05, 0.1) is 31.4 Å². The van der Waals surface area contributed by atoms with Crippen molar-refractivity contribution in [2.45, 2.75) is 6.42 Å². The zero-order valence-corrected chi connectivity index (χ0v) is 16.1. The summed E-state index contributed by atoms with van der Waals surface area (Å²) in [5.74, 6) is -1.08. The highest BCUT2D eigenvalue weighted by molar-refractivity contribution is 6.31. The molecule has 1 aliphatic rings.